The summed E-state index contributed by atoms with van der Waals surface area (Å²) < 4.78 is 11.3. The van der Waals surface area contributed by atoms with E-state index in [1.165, 1.54) is 5.56 Å². The molecule has 0 amide bonds. The van der Waals surface area contributed by atoms with Gasteiger partial charge in [0.15, 0.2) is 11.9 Å². The van der Waals surface area contributed by atoms with Crippen LogP contribution >= 0.6 is 0 Å². The van der Waals surface area contributed by atoms with Crippen LogP contribution in [0.2, 0.25) is 0 Å². The molecule has 0 aromatic heterocycles. The predicted octanol–water partition coefficient (Wildman–Crippen LogP) is 5.52. The quantitative estimate of drug-likeness (QED) is 0.349. The highest BCUT2D eigenvalue weighted by Crippen LogP contribution is 2.40. The zero-order chi connectivity index (χ0) is 26.4. The molecule has 1 aliphatic heterocycles. The van der Waals surface area contributed by atoms with Gasteiger partial charge in [-0.2, -0.15) is 0 Å². The van der Waals surface area contributed by atoms with Gasteiger partial charge in [-0.3, -0.25) is 4.79 Å². The molecule has 0 saturated heterocycles. The van der Waals surface area contributed by atoms with Crippen molar-refractivity contribution in [3.63, 3.8) is 0 Å². The van der Waals surface area contributed by atoms with Crippen LogP contribution in [0.3, 0.4) is 0 Å². The van der Waals surface area contributed by atoms with Crippen LogP contribution in [0.15, 0.2) is 72.8 Å². The number of anilines is 1. The fraction of sp³-hybridized carbons (Fsp3) is 0.355. The number of fused-ring (bicyclic) bond motifs is 1. The van der Waals surface area contributed by atoms with Gasteiger partial charge < -0.3 is 19.5 Å². The molecule has 6 nitrogen and oxygen atoms in total. The van der Waals surface area contributed by atoms with Crippen LogP contribution in [0.5, 0.6) is 5.75 Å². The van der Waals surface area contributed by atoms with Crippen molar-refractivity contribution in [3.8, 4) is 5.75 Å². The zero-order valence-electron chi connectivity index (χ0n) is 21.8. The third-order valence-corrected chi connectivity index (χ3v) is 6.99. The van der Waals surface area contributed by atoms with Crippen LogP contribution in [0.1, 0.15) is 54.2 Å². The Morgan fingerprint density at radius 1 is 1.00 bits per heavy atom. The average Bonchev–Trinajstić information content (AvgIpc) is 2.90. The first kappa shape index (κ1) is 26.4. The first-order chi connectivity index (χ1) is 17.8. The molecule has 0 fully saturated rings. The fourth-order valence-corrected chi connectivity index (χ4v) is 4.78. The highest BCUT2D eigenvalue weighted by atomic mass is 16.5. The van der Waals surface area contributed by atoms with Crippen molar-refractivity contribution < 1.29 is 24.2 Å². The molecule has 0 saturated carbocycles. The van der Waals surface area contributed by atoms with Gasteiger partial charge in [0.25, 0.3) is 0 Å². The predicted molar refractivity (Wildman–Crippen MR) is 145 cm³/mol. The Morgan fingerprint density at radius 3 is 2.41 bits per heavy atom. The number of rotatable bonds is 11. The van der Waals surface area contributed by atoms with Crippen LogP contribution in [0, 0.1) is 0 Å². The average molecular weight is 502 g/mol. The van der Waals surface area contributed by atoms with Gasteiger partial charge in [-0.25, -0.2) is 4.79 Å². The molecule has 0 spiro atoms. The van der Waals surface area contributed by atoms with E-state index in [9.17, 15) is 14.7 Å². The van der Waals surface area contributed by atoms with Crippen LogP contribution in [-0.2, 0) is 21.4 Å². The summed E-state index contributed by atoms with van der Waals surface area (Å²) in [5.41, 5.74) is 4.61. The normalized spacial score (nSPS) is 15.1. The van der Waals surface area contributed by atoms with Gasteiger partial charge >= 0.3 is 5.97 Å². The molecule has 3 aromatic carbocycles. The molecule has 194 valence electrons. The summed E-state index contributed by atoms with van der Waals surface area (Å²) in [5.74, 6) is -0.170. The minimum Gasteiger partial charge on any atom is -0.492 e. The maximum atomic E-state index is 13.0. The first-order valence-corrected chi connectivity index (χ1v) is 12.8. The number of aliphatic carboxylic acids is 1. The van der Waals surface area contributed by atoms with E-state index in [4.69, 9.17) is 9.47 Å². The molecular weight excluding hydrogens is 466 g/mol. The van der Waals surface area contributed by atoms with Crippen molar-refractivity contribution in [2.24, 2.45) is 0 Å². The SMILES string of the molecule is CCO[C@@H](Cc1ccc(OCCN2CCC(C)(C)c3cc(C(=O)c4ccccc4)ccc32)cc1)C(=O)O. The molecule has 0 aliphatic carbocycles. The van der Waals surface area contributed by atoms with Gasteiger partial charge in [0.2, 0.25) is 0 Å². The molecule has 1 aliphatic rings. The van der Waals surface area contributed by atoms with Gasteiger partial charge in [0, 0.05) is 36.4 Å². The number of carboxylic acids is 1. The van der Waals surface area contributed by atoms with Crippen LogP contribution in [0.25, 0.3) is 0 Å². The molecule has 1 atom stereocenters. The van der Waals surface area contributed by atoms with E-state index >= 15 is 0 Å². The van der Waals surface area contributed by atoms with Gasteiger partial charge in [0.05, 0.1) is 6.54 Å². The summed E-state index contributed by atoms with van der Waals surface area (Å²) in [7, 11) is 0. The second-order valence-electron chi connectivity index (χ2n) is 10.0. The van der Waals surface area contributed by atoms with E-state index in [-0.39, 0.29) is 11.2 Å². The lowest BCUT2D eigenvalue weighted by Crippen LogP contribution is -2.39. The molecule has 0 unspecified atom stereocenters. The molecule has 0 bridgehead atoms. The Kier molecular flexibility index (Phi) is 8.29. The molecule has 1 N–H and O–H groups in total. The second-order valence-corrected chi connectivity index (χ2v) is 10.0. The standard InChI is InChI=1S/C31H35NO5/c1-4-36-28(30(34)35)20-22-10-13-25(14-11-22)37-19-18-32-17-16-31(2,3)26-21-24(12-15-27(26)32)29(33)23-8-6-5-7-9-23/h5-15,21,28H,4,16-20H2,1-3H3,(H,34,35)/t28-/m0/s1. The third kappa shape index (κ3) is 6.38. The van der Waals surface area contributed by atoms with E-state index in [0.717, 1.165) is 36.5 Å². The number of nitrogens with zero attached hydrogens (tertiary/aromatic N) is 1. The summed E-state index contributed by atoms with van der Waals surface area (Å²) in [5, 5.41) is 9.29. The molecule has 4 rings (SSSR count). The first-order valence-electron chi connectivity index (χ1n) is 12.8. The molecule has 6 heteroatoms. The summed E-state index contributed by atoms with van der Waals surface area (Å²) in [6.07, 6.45) is 0.463. The van der Waals surface area contributed by atoms with Crippen molar-refractivity contribution >= 4 is 17.4 Å². The highest BCUT2D eigenvalue weighted by Gasteiger charge is 2.32. The maximum absolute atomic E-state index is 13.0. The Morgan fingerprint density at radius 2 is 1.73 bits per heavy atom. The number of hydrogen-bond donors (Lipinski definition) is 1. The van der Waals surface area contributed by atoms with Gasteiger partial charge in [-0.15, -0.1) is 0 Å². The smallest absolute Gasteiger partial charge is 0.333 e. The summed E-state index contributed by atoms with van der Waals surface area (Å²) in [6, 6.07) is 23.0. The molecule has 37 heavy (non-hydrogen) atoms. The van der Waals surface area contributed by atoms with E-state index in [1.54, 1.807) is 6.92 Å². The summed E-state index contributed by atoms with van der Waals surface area (Å²) in [6.45, 7) is 8.78. The number of ether oxygens (including phenoxy) is 2. The number of hydrogen-bond acceptors (Lipinski definition) is 5. The minimum absolute atomic E-state index is 0.0230. The number of ketones is 1. The van der Waals surface area contributed by atoms with Gasteiger partial charge in [0.1, 0.15) is 12.4 Å². The van der Waals surface area contributed by atoms with E-state index < -0.39 is 12.1 Å². The Hall–Kier alpha value is -3.64. The fourth-order valence-electron chi connectivity index (χ4n) is 4.78. The van der Waals surface area contributed by atoms with Crippen molar-refractivity contribution in [1.82, 2.24) is 0 Å². The lowest BCUT2D eigenvalue weighted by molar-refractivity contribution is -0.149. The largest absolute Gasteiger partial charge is 0.492 e. The zero-order valence-corrected chi connectivity index (χ0v) is 21.8. The summed E-state index contributed by atoms with van der Waals surface area (Å²) >= 11 is 0. The number of carboxylic acid groups (broad SMARTS) is 1. The van der Waals surface area contributed by atoms with E-state index in [1.807, 2.05) is 60.7 Å². The summed E-state index contributed by atoms with van der Waals surface area (Å²) in [4.78, 5) is 26.7. The lowest BCUT2D eigenvalue weighted by atomic mass is 9.76. The Bertz CT molecular complexity index is 1220. The molecule has 1 heterocycles. The molecular formula is C31H35NO5. The molecule has 3 aromatic rings. The van der Waals surface area contributed by atoms with Crippen LogP contribution in [0.4, 0.5) is 5.69 Å². The van der Waals surface area contributed by atoms with Crippen molar-refractivity contribution in [3.05, 3.63) is 95.1 Å². The Labute approximate surface area is 218 Å². The topological polar surface area (TPSA) is 76.1 Å². The number of carbonyl (C=O) groups is 2. The van der Waals surface area contributed by atoms with Crippen LogP contribution < -0.4 is 9.64 Å². The minimum atomic E-state index is -0.955. The van der Waals surface area contributed by atoms with Crippen molar-refractivity contribution in [1.29, 1.82) is 0 Å². The van der Waals surface area contributed by atoms with Crippen molar-refractivity contribution in [2.45, 2.75) is 45.1 Å². The van der Waals surface area contributed by atoms with Gasteiger partial charge in [-0.1, -0.05) is 56.3 Å². The van der Waals surface area contributed by atoms with Gasteiger partial charge in [-0.05, 0) is 60.2 Å². The number of benzene rings is 3. The maximum Gasteiger partial charge on any atom is 0.333 e. The van der Waals surface area contributed by atoms with Crippen molar-refractivity contribution in [2.75, 3.05) is 31.2 Å². The second kappa shape index (κ2) is 11.6. The highest BCUT2D eigenvalue weighted by molar-refractivity contribution is 6.09. The monoisotopic (exact) mass is 501 g/mol. The number of carbonyl (C=O) groups excluding carboxylic acids is 1. The Balaban J connectivity index is 1.40. The van der Waals surface area contributed by atoms with Crippen LogP contribution in [-0.4, -0.2) is 49.3 Å². The molecule has 0 radical (unpaired) electrons. The lowest BCUT2D eigenvalue weighted by Gasteiger charge is -2.40. The van der Waals surface area contributed by atoms with E-state index in [2.05, 4.69) is 30.9 Å². The third-order valence-electron chi connectivity index (χ3n) is 6.99. The van der Waals surface area contributed by atoms with E-state index in [0.29, 0.717) is 30.8 Å².